The highest BCUT2D eigenvalue weighted by molar-refractivity contribution is 6.53. The molecule has 2 fully saturated rings. The van der Waals surface area contributed by atoms with E-state index in [1.807, 2.05) is 37.3 Å². The molecule has 2 amide bonds. The zero-order valence-corrected chi connectivity index (χ0v) is 16.8. The number of fused-ring (bicyclic) bond motifs is 3. The third kappa shape index (κ3) is 3.09. The van der Waals surface area contributed by atoms with Gasteiger partial charge >= 0.3 is 0 Å². The van der Waals surface area contributed by atoms with Gasteiger partial charge in [0.2, 0.25) is 11.6 Å². The minimum atomic E-state index is -1.23. The van der Waals surface area contributed by atoms with Crippen LogP contribution in [0.15, 0.2) is 48.3 Å². The Morgan fingerprint density at radius 3 is 2.90 bits per heavy atom. The third-order valence-electron chi connectivity index (χ3n) is 5.93. The number of rotatable bonds is 3. The lowest BCUT2D eigenvalue weighted by Crippen LogP contribution is -2.65. The van der Waals surface area contributed by atoms with E-state index in [0.717, 1.165) is 16.5 Å². The fraction of sp³-hybridized carbons (Fsp3) is 0.318. The molecule has 9 nitrogen and oxygen atoms in total. The van der Waals surface area contributed by atoms with Gasteiger partial charge in [0.05, 0.1) is 24.7 Å². The van der Waals surface area contributed by atoms with Crippen LogP contribution in [0.4, 0.5) is 0 Å². The van der Waals surface area contributed by atoms with Gasteiger partial charge in [-0.15, -0.1) is 0 Å². The maximum atomic E-state index is 12.8. The second kappa shape index (κ2) is 7.28. The van der Waals surface area contributed by atoms with Crippen LogP contribution in [0.25, 0.3) is 10.9 Å². The summed E-state index contributed by atoms with van der Waals surface area (Å²) in [5, 5.41) is 3.60. The van der Waals surface area contributed by atoms with Crippen LogP contribution in [-0.2, 0) is 30.5 Å². The van der Waals surface area contributed by atoms with Gasteiger partial charge in [-0.05, 0) is 24.6 Å². The van der Waals surface area contributed by atoms with Crippen LogP contribution in [0.1, 0.15) is 12.5 Å². The summed E-state index contributed by atoms with van der Waals surface area (Å²) in [5.74, 6) is -2.95. The summed E-state index contributed by atoms with van der Waals surface area (Å²) >= 11 is 0. The van der Waals surface area contributed by atoms with Crippen LogP contribution >= 0.6 is 0 Å². The molecular formula is C22H20N4O5. The van der Waals surface area contributed by atoms with Crippen LogP contribution in [0.3, 0.4) is 0 Å². The Kier molecular flexibility index (Phi) is 4.55. The van der Waals surface area contributed by atoms with Gasteiger partial charge in [0, 0.05) is 24.3 Å². The summed E-state index contributed by atoms with van der Waals surface area (Å²) in [7, 11) is 0. The van der Waals surface area contributed by atoms with E-state index in [0.29, 0.717) is 6.61 Å². The average Bonchev–Trinajstić information content (AvgIpc) is 3.15. The maximum Gasteiger partial charge on any atom is 0.257 e. The minimum Gasteiger partial charge on any atom is -0.354 e. The Hall–Kier alpha value is -3.59. The van der Waals surface area contributed by atoms with Gasteiger partial charge in [-0.2, -0.15) is 0 Å². The SMILES string of the molecule is C[C@H]1CO[C@@H]2CN3C=C(C(=O)NCc4cccc5ncccc45)C(=O)C(=O)C3C(=O)N12. The molecule has 3 atom stereocenters. The highest BCUT2D eigenvalue weighted by Gasteiger charge is 2.52. The minimum absolute atomic E-state index is 0.161. The number of benzene rings is 1. The van der Waals surface area contributed by atoms with Crippen molar-refractivity contribution in [2.24, 2.45) is 0 Å². The summed E-state index contributed by atoms with van der Waals surface area (Å²) in [6.07, 6.45) is 2.51. The summed E-state index contributed by atoms with van der Waals surface area (Å²) in [6.45, 7) is 2.60. The first-order chi connectivity index (χ1) is 15.0. The van der Waals surface area contributed by atoms with E-state index in [-0.39, 0.29) is 24.7 Å². The first-order valence-electron chi connectivity index (χ1n) is 10.1. The Bertz CT molecular complexity index is 1150. The molecule has 9 heteroatoms. The van der Waals surface area contributed by atoms with Crippen LogP contribution in [-0.4, -0.2) is 69.6 Å². The topological polar surface area (TPSA) is 109 Å². The van der Waals surface area contributed by atoms with Crippen molar-refractivity contribution in [3.05, 3.63) is 53.9 Å². The van der Waals surface area contributed by atoms with Crippen molar-refractivity contribution in [1.29, 1.82) is 0 Å². The standard InChI is InChI=1S/C22H20N4O5/c1-12-11-31-17-10-25-9-15(19(27)20(28)18(25)22(30)26(12)17)21(29)24-8-13-4-2-6-16-14(13)5-3-7-23-16/h2-7,9,12,17-18H,8,10-11H2,1H3,(H,24,29)/t12-,17+,18?/m0/s1. The molecule has 1 N–H and O–H groups in total. The Morgan fingerprint density at radius 1 is 1.23 bits per heavy atom. The van der Waals surface area contributed by atoms with Gasteiger partial charge < -0.3 is 19.9 Å². The monoisotopic (exact) mass is 420 g/mol. The molecule has 158 valence electrons. The molecule has 1 aromatic heterocycles. The molecule has 0 radical (unpaired) electrons. The lowest BCUT2D eigenvalue weighted by Gasteiger charge is -2.43. The van der Waals surface area contributed by atoms with Crippen LogP contribution in [0.5, 0.6) is 0 Å². The van der Waals surface area contributed by atoms with Gasteiger partial charge in [-0.1, -0.05) is 18.2 Å². The molecule has 0 bridgehead atoms. The molecule has 4 heterocycles. The molecule has 3 aliphatic rings. The molecule has 2 saturated heterocycles. The van der Waals surface area contributed by atoms with Gasteiger partial charge in [-0.25, -0.2) is 0 Å². The van der Waals surface area contributed by atoms with E-state index in [2.05, 4.69) is 10.3 Å². The number of hydrogen-bond donors (Lipinski definition) is 1. The number of hydrogen-bond acceptors (Lipinski definition) is 7. The van der Waals surface area contributed by atoms with Crippen molar-refractivity contribution in [2.75, 3.05) is 13.2 Å². The molecule has 1 aromatic carbocycles. The van der Waals surface area contributed by atoms with E-state index < -0.39 is 35.7 Å². The van der Waals surface area contributed by atoms with E-state index in [4.69, 9.17) is 4.74 Å². The normalized spacial score (nSPS) is 25.4. The number of carbonyl (C=O) groups excluding carboxylic acids is 4. The Balaban J connectivity index is 1.37. The second-order valence-electron chi connectivity index (χ2n) is 7.89. The highest BCUT2D eigenvalue weighted by atomic mass is 16.5. The highest BCUT2D eigenvalue weighted by Crippen LogP contribution is 2.29. The molecular weight excluding hydrogens is 400 g/mol. The van der Waals surface area contributed by atoms with E-state index in [1.165, 1.54) is 16.0 Å². The van der Waals surface area contributed by atoms with Gasteiger partial charge in [0.1, 0.15) is 11.8 Å². The molecule has 3 aliphatic heterocycles. The fourth-order valence-corrected chi connectivity index (χ4v) is 4.39. The number of pyridine rings is 1. The Labute approximate surface area is 177 Å². The summed E-state index contributed by atoms with van der Waals surface area (Å²) < 4.78 is 5.62. The van der Waals surface area contributed by atoms with Crippen molar-refractivity contribution in [2.45, 2.75) is 31.8 Å². The lowest BCUT2D eigenvalue weighted by atomic mass is 9.93. The number of nitrogens with one attached hydrogen (secondary N) is 1. The molecule has 0 spiro atoms. The summed E-state index contributed by atoms with van der Waals surface area (Å²) in [4.78, 5) is 58.2. The molecule has 31 heavy (non-hydrogen) atoms. The maximum absolute atomic E-state index is 12.8. The van der Waals surface area contributed by atoms with Crippen molar-refractivity contribution in [1.82, 2.24) is 20.1 Å². The largest absolute Gasteiger partial charge is 0.354 e. The van der Waals surface area contributed by atoms with Crippen molar-refractivity contribution >= 4 is 34.3 Å². The van der Waals surface area contributed by atoms with Gasteiger partial charge in [0.25, 0.3) is 11.8 Å². The van der Waals surface area contributed by atoms with Crippen molar-refractivity contribution in [3.63, 3.8) is 0 Å². The fourth-order valence-electron chi connectivity index (χ4n) is 4.39. The third-order valence-corrected chi connectivity index (χ3v) is 5.93. The first-order valence-corrected chi connectivity index (χ1v) is 10.1. The number of Topliss-reactive ketones (excluding diaryl/α,β-unsaturated/α-hetero) is 2. The molecule has 0 saturated carbocycles. The average molecular weight is 420 g/mol. The van der Waals surface area contributed by atoms with E-state index >= 15 is 0 Å². The zero-order valence-electron chi connectivity index (χ0n) is 16.8. The first kappa shape index (κ1) is 19.4. The molecule has 2 aromatic rings. The predicted octanol–water partition coefficient (Wildman–Crippen LogP) is 0.144. The predicted molar refractivity (Wildman–Crippen MR) is 108 cm³/mol. The molecule has 0 aliphatic carbocycles. The summed E-state index contributed by atoms with van der Waals surface area (Å²) in [5.41, 5.74) is 1.36. The Morgan fingerprint density at radius 2 is 2.06 bits per heavy atom. The van der Waals surface area contributed by atoms with Gasteiger partial charge in [0.15, 0.2) is 6.04 Å². The molecule has 1 unspecified atom stereocenters. The summed E-state index contributed by atoms with van der Waals surface area (Å²) in [6, 6.07) is 7.89. The lowest BCUT2D eigenvalue weighted by molar-refractivity contribution is -0.159. The number of piperazine rings is 1. The quantitative estimate of drug-likeness (QED) is 0.428. The number of carbonyl (C=O) groups is 4. The smallest absolute Gasteiger partial charge is 0.257 e. The van der Waals surface area contributed by atoms with Crippen molar-refractivity contribution < 1.29 is 23.9 Å². The van der Waals surface area contributed by atoms with Crippen LogP contribution in [0, 0.1) is 0 Å². The number of ether oxygens (including phenoxy) is 1. The second-order valence-corrected chi connectivity index (χ2v) is 7.89. The number of amides is 2. The van der Waals surface area contributed by atoms with E-state index in [9.17, 15) is 19.2 Å². The number of aromatic nitrogens is 1. The van der Waals surface area contributed by atoms with Gasteiger partial charge in [-0.3, -0.25) is 24.2 Å². The zero-order chi connectivity index (χ0) is 21.7. The van der Waals surface area contributed by atoms with Crippen molar-refractivity contribution in [3.8, 4) is 0 Å². The number of nitrogens with zero attached hydrogens (tertiary/aromatic N) is 3. The molecule has 5 rings (SSSR count). The van der Waals surface area contributed by atoms with Crippen LogP contribution in [0.2, 0.25) is 0 Å². The number of ketones is 2. The van der Waals surface area contributed by atoms with E-state index in [1.54, 1.807) is 6.20 Å². The van der Waals surface area contributed by atoms with Crippen LogP contribution < -0.4 is 5.32 Å².